The van der Waals surface area contributed by atoms with Crippen molar-refractivity contribution < 1.29 is 9.53 Å². The highest BCUT2D eigenvalue weighted by atomic mass is 16.5. The number of nitrogen functional groups attached to an aromatic ring is 1. The van der Waals surface area contributed by atoms with Crippen LogP contribution in [0.15, 0.2) is 18.2 Å². The highest BCUT2D eigenvalue weighted by Gasteiger charge is 2.10. The minimum Gasteiger partial charge on any atom is -0.493 e. The molecule has 0 spiro atoms. The lowest BCUT2D eigenvalue weighted by atomic mass is 10.0. The first-order chi connectivity index (χ1) is 8.04. The minimum atomic E-state index is 0.0833. The predicted molar refractivity (Wildman–Crippen MR) is 70.4 cm³/mol. The lowest BCUT2D eigenvalue weighted by Gasteiger charge is -2.11. The summed E-state index contributed by atoms with van der Waals surface area (Å²) in [5.74, 6) is 1.26. The van der Waals surface area contributed by atoms with Crippen molar-refractivity contribution in [1.29, 1.82) is 0 Å². The van der Waals surface area contributed by atoms with E-state index in [0.717, 1.165) is 6.42 Å². The summed E-state index contributed by atoms with van der Waals surface area (Å²) < 4.78 is 5.58. The van der Waals surface area contributed by atoms with Gasteiger partial charge in [0.1, 0.15) is 5.75 Å². The number of Topliss-reactive ketones (excluding diaryl/α,β-unsaturated/α-hetero) is 1. The average Bonchev–Trinajstić information content (AvgIpc) is 2.28. The molecule has 1 rings (SSSR count). The fourth-order valence-electron chi connectivity index (χ4n) is 1.49. The van der Waals surface area contributed by atoms with Gasteiger partial charge in [-0.2, -0.15) is 0 Å². The van der Waals surface area contributed by atoms with Crippen LogP contribution in [-0.4, -0.2) is 12.4 Å². The first-order valence-electron chi connectivity index (χ1n) is 6.10. The molecule has 2 N–H and O–H groups in total. The number of carbonyl (C=O) groups excluding carboxylic acids is 1. The Morgan fingerprint density at radius 2 is 2.12 bits per heavy atom. The number of ketones is 1. The van der Waals surface area contributed by atoms with E-state index in [0.29, 0.717) is 35.9 Å². The number of ether oxygens (including phenoxy) is 1. The Bertz CT molecular complexity index is 386. The van der Waals surface area contributed by atoms with Gasteiger partial charge in [-0.15, -0.1) is 0 Å². The topological polar surface area (TPSA) is 52.3 Å². The molecule has 3 nitrogen and oxygen atoms in total. The van der Waals surface area contributed by atoms with Gasteiger partial charge in [0.15, 0.2) is 5.78 Å². The van der Waals surface area contributed by atoms with Crippen molar-refractivity contribution in [2.24, 2.45) is 5.92 Å². The van der Waals surface area contributed by atoms with E-state index in [-0.39, 0.29) is 5.78 Å². The summed E-state index contributed by atoms with van der Waals surface area (Å²) in [5, 5.41) is 0. The van der Waals surface area contributed by atoms with E-state index in [1.807, 2.05) is 6.92 Å². The lowest BCUT2D eigenvalue weighted by molar-refractivity contribution is 0.0982. The van der Waals surface area contributed by atoms with Crippen LogP contribution in [0.4, 0.5) is 5.69 Å². The first kappa shape index (κ1) is 13.6. The molecule has 0 aromatic heterocycles. The molecule has 3 heteroatoms. The summed E-state index contributed by atoms with van der Waals surface area (Å²) in [7, 11) is 0. The van der Waals surface area contributed by atoms with Crippen LogP contribution >= 0.6 is 0 Å². The van der Waals surface area contributed by atoms with Crippen LogP contribution in [0.2, 0.25) is 0 Å². The van der Waals surface area contributed by atoms with Gasteiger partial charge in [0.05, 0.1) is 6.61 Å². The van der Waals surface area contributed by atoms with Gasteiger partial charge in [0, 0.05) is 17.7 Å². The lowest BCUT2D eigenvalue weighted by Crippen LogP contribution is -2.07. The van der Waals surface area contributed by atoms with Crippen LogP contribution in [0.3, 0.4) is 0 Å². The second kappa shape index (κ2) is 6.28. The smallest absolute Gasteiger partial charge is 0.165 e. The Labute approximate surface area is 103 Å². The van der Waals surface area contributed by atoms with Crippen LogP contribution in [-0.2, 0) is 0 Å². The molecule has 0 unspecified atom stereocenters. The molecular weight excluding hydrogens is 214 g/mol. The van der Waals surface area contributed by atoms with E-state index in [9.17, 15) is 4.79 Å². The molecule has 17 heavy (non-hydrogen) atoms. The zero-order valence-corrected chi connectivity index (χ0v) is 10.8. The summed E-state index contributed by atoms with van der Waals surface area (Å²) in [4.78, 5) is 11.8. The Hall–Kier alpha value is -1.51. The fourth-order valence-corrected chi connectivity index (χ4v) is 1.49. The highest BCUT2D eigenvalue weighted by molar-refractivity contribution is 6.01. The molecule has 1 aromatic rings. The van der Waals surface area contributed by atoms with E-state index < -0.39 is 0 Å². The predicted octanol–water partition coefficient (Wildman–Crippen LogP) is 3.29. The summed E-state index contributed by atoms with van der Waals surface area (Å²) in [6.45, 7) is 6.79. The van der Waals surface area contributed by atoms with E-state index >= 15 is 0 Å². The minimum absolute atomic E-state index is 0.0833. The maximum Gasteiger partial charge on any atom is 0.165 e. The first-order valence-corrected chi connectivity index (χ1v) is 6.10. The molecule has 0 saturated heterocycles. The van der Waals surface area contributed by atoms with Crippen molar-refractivity contribution in [3.05, 3.63) is 23.8 Å². The molecule has 0 aliphatic heterocycles. The SMILES string of the molecule is CCCC(=O)c1cc(OCC(C)C)ccc1N. The van der Waals surface area contributed by atoms with Crippen molar-refractivity contribution >= 4 is 11.5 Å². The zero-order valence-electron chi connectivity index (χ0n) is 10.8. The van der Waals surface area contributed by atoms with Gasteiger partial charge < -0.3 is 10.5 Å². The van der Waals surface area contributed by atoms with Gasteiger partial charge in [-0.1, -0.05) is 20.8 Å². The largest absolute Gasteiger partial charge is 0.493 e. The number of hydrogen-bond acceptors (Lipinski definition) is 3. The van der Waals surface area contributed by atoms with Gasteiger partial charge in [-0.3, -0.25) is 4.79 Å². The van der Waals surface area contributed by atoms with Crippen molar-refractivity contribution in [2.75, 3.05) is 12.3 Å². The number of nitrogens with two attached hydrogens (primary N) is 1. The molecule has 94 valence electrons. The molecule has 0 fully saturated rings. The van der Waals surface area contributed by atoms with E-state index in [4.69, 9.17) is 10.5 Å². The Morgan fingerprint density at radius 1 is 1.41 bits per heavy atom. The third-order valence-corrected chi connectivity index (χ3v) is 2.39. The van der Waals surface area contributed by atoms with E-state index in [1.165, 1.54) is 0 Å². The van der Waals surface area contributed by atoms with Crippen molar-refractivity contribution in [2.45, 2.75) is 33.6 Å². The van der Waals surface area contributed by atoms with Gasteiger partial charge in [-0.05, 0) is 30.5 Å². The Balaban J connectivity index is 2.82. The van der Waals surface area contributed by atoms with Gasteiger partial charge in [0.25, 0.3) is 0 Å². The monoisotopic (exact) mass is 235 g/mol. The third kappa shape index (κ3) is 4.10. The Morgan fingerprint density at radius 3 is 2.71 bits per heavy atom. The van der Waals surface area contributed by atoms with Gasteiger partial charge >= 0.3 is 0 Å². The normalized spacial score (nSPS) is 10.6. The molecule has 0 aliphatic carbocycles. The Kier molecular flexibility index (Phi) is 5.01. The molecule has 0 atom stereocenters. The van der Waals surface area contributed by atoms with Gasteiger partial charge in [-0.25, -0.2) is 0 Å². The molecule has 0 radical (unpaired) electrons. The van der Waals surface area contributed by atoms with Crippen molar-refractivity contribution in [3.8, 4) is 5.75 Å². The van der Waals surface area contributed by atoms with Crippen molar-refractivity contribution in [1.82, 2.24) is 0 Å². The second-order valence-corrected chi connectivity index (χ2v) is 4.63. The molecule has 0 saturated carbocycles. The molecular formula is C14H21NO2. The third-order valence-electron chi connectivity index (χ3n) is 2.39. The second-order valence-electron chi connectivity index (χ2n) is 4.63. The van der Waals surface area contributed by atoms with Crippen LogP contribution in [0, 0.1) is 5.92 Å². The molecule has 0 bridgehead atoms. The fraction of sp³-hybridized carbons (Fsp3) is 0.500. The molecule has 0 aliphatic rings. The number of carbonyl (C=O) groups is 1. The zero-order chi connectivity index (χ0) is 12.8. The van der Waals surface area contributed by atoms with Crippen molar-refractivity contribution in [3.63, 3.8) is 0 Å². The van der Waals surface area contributed by atoms with E-state index in [1.54, 1.807) is 18.2 Å². The average molecular weight is 235 g/mol. The summed E-state index contributed by atoms with van der Waals surface area (Å²) in [6, 6.07) is 5.29. The van der Waals surface area contributed by atoms with Crippen LogP contribution in [0.1, 0.15) is 44.0 Å². The van der Waals surface area contributed by atoms with Crippen LogP contribution < -0.4 is 10.5 Å². The summed E-state index contributed by atoms with van der Waals surface area (Å²) in [5.41, 5.74) is 6.91. The quantitative estimate of drug-likeness (QED) is 0.608. The summed E-state index contributed by atoms with van der Waals surface area (Å²) in [6.07, 6.45) is 1.35. The van der Waals surface area contributed by atoms with Gasteiger partial charge in [0.2, 0.25) is 0 Å². The number of rotatable bonds is 6. The molecule has 0 heterocycles. The highest BCUT2D eigenvalue weighted by Crippen LogP contribution is 2.22. The number of anilines is 1. The van der Waals surface area contributed by atoms with Crippen LogP contribution in [0.25, 0.3) is 0 Å². The molecule has 0 amide bonds. The maximum absolute atomic E-state index is 11.8. The van der Waals surface area contributed by atoms with Crippen LogP contribution in [0.5, 0.6) is 5.75 Å². The number of benzene rings is 1. The summed E-state index contributed by atoms with van der Waals surface area (Å²) >= 11 is 0. The van der Waals surface area contributed by atoms with E-state index in [2.05, 4.69) is 13.8 Å². The molecule has 1 aromatic carbocycles. The number of hydrogen-bond donors (Lipinski definition) is 1. The standard InChI is InChI=1S/C14H21NO2/c1-4-5-14(16)12-8-11(6-7-13(12)15)17-9-10(2)3/h6-8,10H,4-5,9,15H2,1-3H3. The maximum atomic E-state index is 11.8.